The number of hydrogen-bond donors (Lipinski definition) is 3. The second-order valence-electron chi connectivity index (χ2n) is 4.77. The number of hydrogen-bond acceptors (Lipinski definition) is 5. The van der Waals surface area contributed by atoms with Gasteiger partial charge >= 0.3 is 0 Å². The zero-order chi connectivity index (χ0) is 16.1. The Labute approximate surface area is 129 Å². The van der Waals surface area contributed by atoms with Crippen LogP contribution in [0.2, 0.25) is 0 Å². The van der Waals surface area contributed by atoms with Crippen molar-refractivity contribution in [1.82, 2.24) is 10.3 Å². The van der Waals surface area contributed by atoms with E-state index in [9.17, 15) is 9.90 Å². The van der Waals surface area contributed by atoms with E-state index in [0.717, 1.165) is 0 Å². The first kappa shape index (κ1) is 15.6. The average molecular weight is 301 g/mol. The first-order chi connectivity index (χ1) is 10.6. The maximum atomic E-state index is 12.4. The molecule has 6 nitrogen and oxygen atoms in total. The van der Waals surface area contributed by atoms with Gasteiger partial charge in [0.2, 0.25) is 0 Å². The number of nitrogens with one attached hydrogen (secondary N) is 2. The maximum Gasteiger partial charge on any atom is 0.255 e. The lowest BCUT2D eigenvalue weighted by molar-refractivity contribution is 0.0940. The number of pyridine rings is 1. The number of aromatic hydroxyl groups is 1. The third kappa shape index (κ3) is 3.28. The molecule has 2 rings (SSSR count). The number of benzene rings is 1. The molecule has 0 saturated carbocycles. The molecule has 1 unspecified atom stereocenters. The van der Waals surface area contributed by atoms with Crippen LogP contribution in [0.4, 0.5) is 5.82 Å². The van der Waals surface area contributed by atoms with Gasteiger partial charge < -0.3 is 20.5 Å². The molecule has 1 atom stereocenters. The van der Waals surface area contributed by atoms with E-state index < -0.39 is 0 Å². The largest absolute Gasteiger partial charge is 0.508 e. The van der Waals surface area contributed by atoms with Crippen LogP contribution in [-0.2, 0) is 0 Å². The van der Waals surface area contributed by atoms with Gasteiger partial charge in [-0.1, -0.05) is 0 Å². The van der Waals surface area contributed by atoms with E-state index in [1.165, 1.54) is 0 Å². The Morgan fingerprint density at radius 2 is 2.14 bits per heavy atom. The highest BCUT2D eigenvalue weighted by Gasteiger charge is 2.17. The third-order valence-corrected chi connectivity index (χ3v) is 3.34. The van der Waals surface area contributed by atoms with Crippen molar-refractivity contribution in [3.8, 4) is 11.5 Å². The van der Waals surface area contributed by atoms with Gasteiger partial charge in [0.05, 0.1) is 18.7 Å². The van der Waals surface area contributed by atoms with E-state index in [1.54, 1.807) is 57.6 Å². The zero-order valence-corrected chi connectivity index (χ0v) is 12.8. The minimum absolute atomic E-state index is 0.105. The topological polar surface area (TPSA) is 83.5 Å². The smallest absolute Gasteiger partial charge is 0.255 e. The monoisotopic (exact) mass is 301 g/mol. The third-order valence-electron chi connectivity index (χ3n) is 3.34. The van der Waals surface area contributed by atoms with Crippen molar-refractivity contribution in [2.75, 3.05) is 19.5 Å². The van der Waals surface area contributed by atoms with E-state index in [0.29, 0.717) is 22.7 Å². The van der Waals surface area contributed by atoms with Gasteiger partial charge in [-0.2, -0.15) is 0 Å². The van der Waals surface area contributed by atoms with Crippen LogP contribution in [0.5, 0.6) is 11.5 Å². The van der Waals surface area contributed by atoms with E-state index in [-0.39, 0.29) is 17.7 Å². The van der Waals surface area contributed by atoms with Gasteiger partial charge in [-0.15, -0.1) is 0 Å². The molecule has 0 bridgehead atoms. The van der Waals surface area contributed by atoms with Gasteiger partial charge in [0.15, 0.2) is 0 Å². The molecule has 0 fully saturated rings. The van der Waals surface area contributed by atoms with Crippen LogP contribution in [0.1, 0.15) is 28.9 Å². The molecule has 0 saturated heterocycles. The number of anilines is 1. The number of phenols is 1. The Balaban J connectivity index is 2.21. The first-order valence-corrected chi connectivity index (χ1v) is 6.87. The SMILES string of the molecule is CNc1ncccc1C(=O)NC(C)c1cc(OC)ccc1O. The number of phenolic OH excluding ortho intramolecular Hbond substituents is 1. The summed E-state index contributed by atoms with van der Waals surface area (Å²) in [5, 5.41) is 15.7. The quantitative estimate of drug-likeness (QED) is 0.789. The van der Waals surface area contributed by atoms with Crippen LogP contribution in [0.25, 0.3) is 0 Å². The van der Waals surface area contributed by atoms with Crippen LogP contribution in [0.15, 0.2) is 36.5 Å². The molecular formula is C16H19N3O3. The number of methoxy groups -OCH3 is 1. The molecule has 1 aromatic carbocycles. The standard InChI is InChI=1S/C16H19N3O3/c1-10(13-9-11(22-3)6-7-14(13)20)19-16(21)12-5-4-8-18-15(12)17-2/h4-10,20H,1-3H3,(H,17,18)(H,19,21). The Kier molecular flexibility index (Phi) is 4.83. The molecule has 1 aromatic heterocycles. The highest BCUT2D eigenvalue weighted by Crippen LogP contribution is 2.28. The van der Waals surface area contributed by atoms with Crippen molar-refractivity contribution in [3.05, 3.63) is 47.7 Å². The Bertz CT molecular complexity index is 673. The summed E-state index contributed by atoms with van der Waals surface area (Å²) < 4.78 is 5.14. The minimum atomic E-state index is -0.382. The molecule has 0 aliphatic heterocycles. The molecule has 1 amide bonds. The lowest BCUT2D eigenvalue weighted by atomic mass is 10.1. The van der Waals surface area contributed by atoms with Crippen LogP contribution in [0, 0.1) is 0 Å². The van der Waals surface area contributed by atoms with Gasteiger partial charge in [0, 0.05) is 18.8 Å². The Morgan fingerprint density at radius 3 is 2.82 bits per heavy atom. The fraction of sp³-hybridized carbons (Fsp3) is 0.250. The molecule has 1 heterocycles. The van der Waals surface area contributed by atoms with Gasteiger partial charge in [-0.3, -0.25) is 4.79 Å². The van der Waals surface area contributed by atoms with E-state index in [1.807, 2.05) is 0 Å². The number of ether oxygens (including phenoxy) is 1. The van der Waals surface area contributed by atoms with Gasteiger partial charge in [-0.25, -0.2) is 4.98 Å². The van der Waals surface area contributed by atoms with Crippen LogP contribution in [0.3, 0.4) is 0 Å². The number of carbonyl (C=O) groups excluding carboxylic acids is 1. The van der Waals surface area contributed by atoms with E-state index in [4.69, 9.17) is 4.74 Å². The molecule has 0 aliphatic rings. The summed E-state index contributed by atoms with van der Waals surface area (Å²) in [5.74, 6) is 0.953. The van der Waals surface area contributed by atoms with Crippen molar-refractivity contribution >= 4 is 11.7 Å². The number of carbonyl (C=O) groups is 1. The van der Waals surface area contributed by atoms with Gasteiger partial charge in [0.1, 0.15) is 17.3 Å². The second kappa shape index (κ2) is 6.80. The lowest BCUT2D eigenvalue weighted by Gasteiger charge is -2.17. The van der Waals surface area contributed by atoms with Gasteiger partial charge in [-0.05, 0) is 37.3 Å². The van der Waals surface area contributed by atoms with Crippen molar-refractivity contribution < 1.29 is 14.6 Å². The van der Waals surface area contributed by atoms with E-state index >= 15 is 0 Å². The fourth-order valence-corrected chi connectivity index (χ4v) is 2.15. The number of amides is 1. The number of aromatic nitrogens is 1. The Morgan fingerprint density at radius 1 is 1.36 bits per heavy atom. The summed E-state index contributed by atoms with van der Waals surface area (Å²) in [6.07, 6.45) is 1.61. The Hall–Kier alpha value is -2.76. The second-order valence-corrected chi connectivity index (χ2v) is 4.77. The van der Waals surface area contributed by atoms with Crippen LogP contribution < -0.4 is 15.4 Å². The summed E-state index contributed by atoms with van der Waals surface area (Å²) in [6, 6.07) is 7.90. The van der Waals surface area contributed by atoms with E-state index in [2.05, 4.69) is 15.6 Å². The molecule has 0 aliphatic carbocycles. The highest BCUT2D eigenvalue weighted by molar-refractivity contribution is 5.98. The molecule has 0 spiro atoms. The summed E-state index contributed by atoms with van der Waals surface area (Å²) >= 11 is 0. The normalized spacial score (nSPS) is 11.6. The average Bonchev–Trinajstić information content (AvgIpc) is 2.55. The summed E-state index contributed by atoms with van der Waals surface area (Å²) in [7, 11) is 3.25. The fourth-order valence-electron chi connectivity index (χ4n) is 2.15. The van der Waals surface area contributed by atoms with Crippen molar-refractivity contribution in [2.24, 2.45) is 0 Å². The van der Waals surface area contributed by atoms with Crippen LogP contribution >= 0.6 is 0 Å². The highest BCUT2D eigenvalue weighted by atomic mass is 16.5. The van der Waals surface area contributed by atoms with Crippen molar-refractivity contribution in [3.63, 3.8) is 0 Å². The minimum Gasteiger partial charge on any atom is -0.508 e. The predicted octanol–water partition coefficient (Wildman–Crippen LogP) is 2.33. The first-order valence-electron chi connectivity index (χ1n) is 6.87. The number of nitrogens with zero attached hydrogens (tertiary/aromatic N) is 1. The number of rotatable bonds is 5. The molecule has 22 heavy (non-hydrogen) atoms. The predicted molar refractivity (Wildman–Crippen MR) is 84.3 cm³/mol. The summed E-state index contributed by atoms with van der Waals surface area (Å²) in [6.45, 7) is 1.79. The molecule has 6 heteroatoms. The molecule has 116 valence electrons. The molecule has 2 aromatic rings. The van der Waals surface area contributed by atoms with Gasteiger partial charge in [0.25, 0.3) is 5.91 Å². The zero-order valence-electron chi connectivity index (χ0n) is 12.8. The van der Waals surface area contributed by atoms with Crippen molar-refractivity contribution in [1.29, 1.82) is 0 Å². The molecule has 0 radical (unpaired) electrons. The maximum absolute atomic E-state index is 12.4. The molecule has 3 N–H and O–H groups in total. The molecular weight excluding hydrogens is 282 g/mol. The summed E-state index contributed by atoms with van der Waals surface area (Å²) in [5.41, 5.74) is 1.03. The summed E-state index contributed by atoms with van der Waals surface area (Å²) in [4.78, 5) is 16.5. The van der Waals surface area contributed by atoms with Crippen molar-refractivity contribution in [2.45, 2.75) is 13.0 Å². The van der Waals surface area contributed by atoms with Crippen LogP contribution in [-0.4, -0.2) is 30.2 Å². The lowest BCUT2D eigenvalue weighted by Crippen LogP contribution is -2.27.